The van der Waals surface area contributed by atoms with Gasteiger partial charge in [-0.25, -0.2) is 4.79 Å². The second-order valence-electron chi connectivity index (χ2n) is 8.78. The molecule has 0 atom stereocenters. The number of hydrogen-bond donors (Lipinski definition) is 2. The summed E-state index contributed by atoms with van der Waals surface area (Å²) in [6, 6.07) is 13.3. The predicted molar refractivity (Wildman–Crippen MR) is 124 cm³/mol. The lowest BCUT2D eigenvalue weighted by atomic mass is 9.94. The van der Waals surface area contributed by atoms with Crippen LogP contribution in [-0.4, -0.2) is 77.5 Å². The zero-order valence-electron chi connectivity index (χ0n) is 18.3. The number of nitrogens with one attached hydrogen (secondary N) is 1. The van der Waals surface area contributed by atoms with E-state index in [1.54, 1.807) is 12.1 Å². The van der Waals surface area contributed by atoms with Crippen LogP contribution in [-0.2, 0) is 13.1 Å². The van der Waals surface area contributed by atoms with Gasteiger partial charge in [-0.15, -0.1) is 0 Å². The van der Waals surface area contributed by atoms with Crippen LogP contribution in [0.5, 0.6) is 0 Å². The van der Waals surface area contributed by atoms with Crippen molar-refractivity contribution in [3.05, 3.63) is 59.2 Å². The number of aromatic carboxylic acids is 1. The number of rotatable bonds is 4. The monoisotopic (exact) mass is 432 g/mol. The average molecular weight is 433 g/mol. The summed E-state index contributed by atoms with van der Waals surface area (Å²) in [5.41, 5.74) is 4.95. The van der Waals surface area contributed by atoms with Crippen molar-refractivity contribution >= 4 is 22.7 Å². The highest BCUT2D eigenvalue weighted by molar-refractivity contribution is 6.05. The minimum atomic E-state index is -0.935. The minimum absolute atomic E-state index is 0.134. The number of benzene rings is 2. The molecule has 3 aromatic rings. The largest absolute Gasteiger partial charge is 0.478 e. The van der Waals surface area contributed by atoms with Gasteiger partial charge >= 0.3 is 5.97 Å². The highest BCUT2D eigenvalue weighted by Gasteiger charge is 2.24. The van der Waals surface area contributed by atoms with Gasteiger partial charge in [0.1, 0.15) is 0 Å². The molecule has 2 N–H and O–H groups in total. The molecule has 0 bridgehead atoms. The number of nitrogens with zero attached hydrogens (tertiary/aromatic N) is 3. The standard InChI is InChI=1S/C25H28N4O3/c1-27-9-11-28(12-10-27)16-23(30)20-4-2-3-19-15-26-7-8-29-21-14-18(25(31)32)6-5-17(21)13-22(29)24(19)20/h2-6,13-14,26H,7-12,15-16H2,1H3,(H,31,32). The highest BCUT2D eigenvalue weighted by Crippen LogP contribution is 2.35. The number of likely N-dealkylation sites (N-methyl/N-ethyl adjacent to an activating group) is 1. The number of hydrogen-bond acceptors (Lipinski definition) is 5. The number of Topliss-reactive ketones (excluding diaryl/α,β-unsaturated/α-hetero) is 1. The van der Waals surface area contributed by atoms with Gasteiger partial charge < -0.3 is 19.9 Å². The number of fused-ring (bicyclic) bond motifs is 5. The molecule has 1 fully saturated rings. The van der Waals surface area contributed by atoms with E-state index in [-0.39, 0.29) is 11.3 Å². The fourth-order valence-electron chi connectivity index (χ4n) is 4.83. The average Bonchev–Trinajstić information content (AvgIpc) is 3.13. The van der Waals surface area contributed by atoms with Gasteiger partial charge in [0, 0.05) is 67.8 Å². The molecule has 166 valence electrons. The Labute approximate surface area is 187 Å². The topological polar surface area (TPSA) is 77.8 Å². The van der Waals surface area contributed by atoms with Crippen LogP contribution in [0, 0.1) is 0 Å². The Balaban J connectivity index is 1.60. The third-order valence-electron chi connectivity index (χ3n) is 6.65. The Kier molecular flexibility index (Phi) is 5.55. The van der Waals surface area contributed by atoms with Crippen LogP contribution < -0.4 is 5.32 Å². The third-order valence-corrected chi connectivity index (χ3v) is 6.65. The van der Waals surface area contributed by atoms with Crippen molar-refractivity contribution in [3.8, 4) is 11.3 Å². The third kappa shape index (κ3) is 3.83. The van der Waals surface area contributed by atoms with Crippen LogP contribution >= 0.6 is 0 Å². The Morgan fingerprint density at radius 1 is 1.03 bits per heavy atom. The molecule has 5 rings (SSSR count). The lowest BCUT2D eigenvalue weighted by Crippen LogP contribution is -2.46. The summed E-state index contributed by atoms with van der Waals surface area (Å²) in [7, 11) is 2.11. The van der Waals surface area contributed by atoms with E-state index in [0.29, 0.717) is 19.6 Å². The SMILES string of the molecule is CN1CCN(CC(=O)c2cccc3c2-c2cc4ccc(C(=O)O)cc4n2CCNC3)CC1. The summed E-state index contributed by atoms with van der Waals surface area (Å²) in [5, 5.41) is 13.9. The molecule has 1 saturated heterocycles. The van der Waals surface area contributed by atoms with E-state index >= 15 is 0 Å². The fourth-order valence-corrected chi connectivity index (χ4v) is 4.83. The summed E-state index contributed by atoms with van der Waals surface area (Å²) >= 11 is 0. The Bertz CT molecular complexity index is 1190. The maximum Gasteiger partial charge on any atom is 0.335 e. The van der Waals surface area contributed by atoms with Gasteiger partial charge in [0.2, 0.25) is 0 Å². The van der Waals surface area contributed by atoms with E-state index in [1.165, 1.54) is 0 Å². The molecule has 3 heterocycles. The van der Waals surface area contributed by atoms with E-state index < -0.39 is 5.97 Å². The quantitative estimate of drug-likeness (QED) is 0.617. The van der Waals surface area contributed by atoms with Crippen molar-refractivity contribution in [1.29, 1.82) is 0 Å². The Morgan fingerprint density at radius 2 is 1.84 bits per heavy atom. The normalized spacial score (nSPS) is 17.4. The molecule has 2 aromatic carbocycles. The molecule has 2 aliphatic rings. The van der Waals surface area contributed by atoms with Gasteiger partial charge in [-0.3, -0.25) is 9.69 Å². The van der Waals surface area contributed by atoms with Crippen LogP contribution in [0.1, 0.15) is 26.3 Å². The molecular weight excluding hydrogens is 404 g/mol. The van der Waals surface area contributed by atoms with Gasteiger partial charge in [0.25, 0.3) is 0 Å². The van der Waals surface area contributed by atoms with E-state index in [4.69, 9.17) is 0 Å². The summed E-state index contributed by atoms with van der Waals surface area (Å²) in [6.45, 7) is 6.35. The second kappa shape index (κ2) is 8.50. The van der Waals surface area contributed by atoms with Crippen molar-refractivity contribution < 1.29 is 14.7 Å². The number of carboxylic acids is 1. The van der Waals surface area contributed by atoms with Crippen molar-refractivity contribution in [2.45, 2.75) is 13.1 Å². The molecule has 0 unspecified atom stereocenters. The molecule has 0 saturated carbocycles. The zero-order valence-corrected chi connectivity index (χ0v) is 18.3. The number of piperazine rings is 1. The molecule has 1 aromatic heterocycles. The molecule has 32 heavy (non-hydrogen) atoms. The lowest BCUT2D eigenvalue weighted by molar-refractivity contribution is 0.0696. The van der Waals surface area contributed by atoms with Gasteiger partial charge in [0.15, 0.2) is 5.78 Å². The molecule has 2 aliphatic heterocycles. The first-order valence-electron chi connectivity index (χ1n) is 11.1. The molecular formula is C25H28N4O3. The van der Waals surface area contributed by atoms with E-state index in [9.17, 15) is 14.7 Å². The van der Waals surface area contributed by atoms with Crippen LogP contribution in [0.15, 0.2) is 42.5 Å². The first kappa shape index (κ1) is 20.9. The molecule has 0 radical (unpaired) electrons. The molecule has 0 amide bonds. The van der Waals surface area contributed by atoms with Crippen LogP contribution in [0.3, 0.4) is 0 Å². The summed E-state index contributed by atoms with van der Waals surface area (Å²) in [6.07, 6.45) is 0. The maximum absolute atomic E-state index is 13.5. The summed E-state index contributed by atoms with van der Waals surface area (Å²) < 4.78 is 2.15. The highest BCUT2D eigenvalue weighted by atomic mass is 16.4. The number of aromatic nitrogens is 1. The Hall–Kier alpha value is -3.00. The second-order valence-corrected chi connectivity index (χ2v) is 8.78. The summed E-state index contributed by atoms with van der Waals surface area (Å²) in [4.78, 5) is 29.5. The van der Waals surface area contributed by atoms with Crippen molar-refractivity contribution in [2.24, 2.45) is 0 Å². The number of carboxylic acid groups (broad SMARTS) is 1. The molecule has 0 aliphatic carbocycles. The zero-order chi connectivity index (χ0) is 22.2. The summed E-state index contributed by atoms with van der Waals surface area (Å²) in [5.74, 6) is -0.801. The van der Waals surface area contributed by atoms with Gasteiger partial charge in [-0.2, -0.15) is 0 Å². The minimum Gasteiger partial charge on any atom is -0.478 e. The van der Waals surface area contributed by atoms with Gasteiger partial charge in [-0.05, 0) is 30.8 Å². The number of carbonyl (C=O) groups is 2. The van der Waals surface area contributed by atoms with Gasteiger partial charge in [-0.1, -0.05) is 24.3 Å². The van der Waals surface area contributed by atoms with E-state index in [2.05, 4.69) is 38.9 Å². The van der Waals surface area contributed by atoms with Crippen LogP contribution in [0.4, 0.5) is 0 Å². The number of carbonyl (C=O) groups excluding carboxylic acids is 1. The molecule has 7 nitrogen and oxygen atoms in total. The van der Waals surface area contributed by atoms with Crippen molar-refractivity contribution in [3.63, 3.8) is 0 Å². The van der Waals surface area contributed by atoms with Crippen molar-refractivity contribution in [1.82, 2.24) is 19.7 Å². The smallest absolute Gasteiger partial charge is 0.335 e. The first-order valence-corrected chi connectivity index (χ1v) is 11.1. The first-order chi connectivity index (χ1) is 15.5. The van der Waals surface area contributed by atoms with Gasteiger partial charge in [0.05, 0.1) is 17.8 Å². The van der Waals surface area contributed by atoms with E-state index in [0.717, 1.165) is 66.0 Å². The number of ketones is 1. The fraction of sp³-hybridized carbons (Fsp3) is 0.360. The lowest BCUT2D eigenvalue weighted by Gasteiger charge is -2.32. The van der Waals surface area contributed by atoms with Crippen LogP contribution in [0.25, 0.3) is 22.2 Å². The maximum atomic E-state index is 13.5. The molecule has 7 heteroatoms. The predicted octanol–water partition coefficient (Wildman–Crippen LogP) is 2.54. The Morgan fingerprint density at radius 3 is 2.62 bits per heavy atom. The van der Waals surface area contributed by atoms with Crippen LogP contribution in [0.2, 0.25) is 0 Å². The van der Waals surface area contributed by atoms with Crippen molar-refractivity contribution in [2.75, 3.05) is 46.3 Å². The van der Waals surface area contributed by atoms with E-state index in [1.807, 2.05) is 18.2 Å². The molecule has 0 spiro atoms.